The van der Waals surface area contributed by atoms with Crippen LogP contribution in [0.4, 0.5) is 0 Å². The molecule has 1 heterocycles. The van der Waals surface area contributed by atoms with Crippen LogP contribution in [-0.2, 0) is 14.3 Å². The van der Waals surface area contributed by atoms with Crippen LogP contribution in [0.25, 0.3) is 5.57 Å². The van der Waals surface area contributed by atoms with E-state index in [0.29, 0.717) is 12.5 Å². The Hall–Kier alpha value is -2.39. The van der Waals surface area contributed by atoms with Crippen molar-refractivity contribution >= 4 is 11.5 Å². The molecule has 0 amide bonds. The minimum atomic E-state index is -0.248. The van der Waals surface area contributed by atoms with E-state index in [1.54, 1.807) is 0 Å². The zero-order valence-corrected chi connectivity index (χ0v) is 14.4. The summed E-state index contributed by atoms with van der Waals surface area (Å²) in [4.78, 5) is 12.6. The normalized spacial score (nSPS) is 25.6. The molecule has 2 aromatic carbocycles. The molecular weight excluding hydrogens is 312 g/mol. The van der Waals surface area contributed by atoms with E-state index in [9.17, 15) is 4.79 Å². The van der Waals surface area contributed by atoms with Crippen molar-refractivity contribution in [1.29, 1.82) is 0 Å². The second-order valence-electron chi connectivity index (χ2n) is 6.63. The van der Waals surface area contributed by atoms with Gasteiger partial charge in [0.05, 0.1) is 11.7 Å². The van der Waals surface area contributed by atoms with Crippen molar-refractivity contribution in [3.63, 3.8) is 0 Å². The van der Waals surface area contributed by atoms with E-state index < -0.39 is 0 Å². The van der Waals surface area contributed by atoms with Crippen LogP contribution in [-0.4, -0.2) is 24.8 Å². The van der Waals surface area contributed by atoms with E-state index in [1.807, 2.05) is 43.3 Å². The van der Waals surface area contributed by atoms with Gasteiger partial charge in [0.15, 0.2) is 6.10 Å². The van der Waals surface area contributed by atoms with Gasteiger partial charge in [-0.25, -0.2) is 4.79 Å². The first-order valence-corrected chi connectivity index (χ1v) is 8.94. The number of carbonyl (C=O) groups is 1. The van der Waals surface area contributed by atoms with Crippen molar-refractivity contribution in [3.8, 4) is 0 Å². The maximum atomic E-state index is 12.6. The zero-order valence-electron chi connectivity index (χ0n) is 14.4. The van der Waals surface area contributed by atoms with Crippen LogP contribution in [0.1, 0.15) is 36.8 Å². The Morgan fingerprint density at radius 1 is 1.04 bits per heavy atom. The number of esters is 1. The second-order valence-corrected chi connectivity index (χ2v) is 6.63. The molecule has 2 aromatic rings. The first-order valence-electron chi connectivity index (χ1n) is 8.94. The van der Waals surface area contributed by atoms with Crippen LogP contribution in [0.2, 0.25) is 0 Å². The molecule has 0 radical (unpaired) electrons. The minimum absolute atomic E-state index is 0.0795. The van der Waals surface area contributed by atoms with Crippen molar-refractivity contribution in [1.82, 2.24) is 0 Å². The summed E-state index contributed by atoms with van der Waals surface area (Å²) in [6.07, 6.45) is 1.39. The zero-order chi connectivity index (χ0) is 17.2. The molecule has 3 atom stereocenters. The monoisotopic (exact) mass is 334 g/mol. The molecule has 0 N–H and O–H groups in total. The third kappa shape index (κ3) is 3.00. The maximum Gasteiger partial charge on any atom is 0.339 e. The summed E-state index contributed by atoms with van der Waals surface area (Å²) >= 11 is 0. The van der Waals surface area contributed by atoms with Crippen LogP contribution in [0.5, 0.6) is 0 Å². The van der Waals surface area contributed by atoms with Crippen molar-refractivity contribution in [2.24, 2.45) is 0 Å². The van der Waals surface area contributed by atoms with Gasteiger partial charge in [-0.3, -0.25) is 0 Å². The fourth-order valence-corrected chi connectivity index (χ4v) is 4.05. The maximum absolute atomic E-state index is 12.6. The number of ether oxygens (including phenoxy) is 2. The molecule has 4 rings (SSSR count). The molecule has 0 spiro atoms. The second kappa shape index (κ2) is 6.85. The van der Waals surface area contributed by atoms with Gasteiger partial charge in [0.25, 0.3) is 0 Å². The van der Waals surface area contributed by atoms with Crippen LogP contribution < -0.4 is 0 Å². The molecule has 0 bridgehead atoms. The number of hydrogen-bond donors (Lipinski definition) is 0. The molecule has 25 heavy (non-hydrogen) atoms. The molecular formula is C22H22O3. The summed E-state index contributed by atoms with van der Waals surface area (Å²) in [5, 5.41) is 0. The third-order valence-corrected chi connectivity index (χ3v) is 5.14. The van der Waals surface area contributed by atoms with Gasteiger partial charge in [-0.2, -0.15) is 0 Å². The summed E-state index contributed by atoms with van der Waals surface area (Å²) in [5.74, 6) is 0.127. The van der Waals surface area contributed by atoms with Gasteiger partial charge >= 0.3 is 5.97 Å². The summed E-state index contributed by atoms with van der Waals surface area (Å²) in [6, 6.07) is 20.3. The largest absolute Gasteiger partial charge is 0.451 e. The highest BCUT2D eigenvalue weighted by Crippen LogP contribution is 2.45. The number of hydrogen-bond acceptors (Lipinski definition) is 3. The fraction of sp³-hybridized carbons (Fsp3) is 0.318. The van der Waals surface area contributed by atoms with E-state index in [4.69, 9.17) is 9.47 Å². The predicted octanol–water partition coefficient (Wildman–Crippen LogP) is 4.35. The topological polar surface area (TPSA) is 35.5 Å². The molecule has 0 aromatic heterocycles. The molecule has 3 nitrogen and oxygen atoms in total. The highest BCUT2D eigenvalue weighted by atomic mass is 16.6. The molecule has 0 unspecified atom stereocenters. The van der Waals surface area contributed by atoms with Crippen molar-refractivity contribution in [2.75, 3.05) is 6.61 Å². The van der Waals surface area contributed by atoms with Gasteiger partial charge in [0, 0.05) is 6.61 Å². The molecule has 0 saturated heterocycles. The Bertz CT molecular complexity index is 779. The Morgan fingerprint density at radius 2 is 1.72 bits per heavy atom. The Labute approximate surface area is 148 Å². The van der Waals surface area contributed by atoms with Gasteiger partial charge in [-0.15, -0.1) is 0 Å². The smallest absolute Gasteiger partial charge is 0.339 e. The quantitative estimate of drug-likeness (QED) is 0.780. The van der Waals surface area contributed by atoms with Gasteiger partial charge in [-0.05, 0) is 42.4 Å². The van der Waals surface area contributed by atoms with Gasteiger partial charge in [0.2, 0.25) is 0 Å². The molecule has 128 valence electrons. The van der Waals surface area contributed by atoms with Crippen LogP contribution in [0.15, 0.2) is 66.2 Å². The highest BCUT2D eigenvalue weighted by Gasteiger charge is 2.45. The van der Waals surface area contributed by atoms with Gasteiger partial charge in [-0.1, -0.05) is 60.7 Å². The summed E-state index contributed by atoms with van der Waals surface area (Å²) in [7, 11) is 0. The Kier molecular flexibility index (Phi) is 4.41. The predicted molar refractivity (Wildman–Crippen MR) is 97.1 cm³/mol. The molecule has 1 saturated carbocycles. The molecule has 2 aliphatic rings. The van der Waals surface area contributed by atoms with Crippen molar-refractivity contribution in [2.45, 2.75) is 37.9 Å². The Balaban J connectivity index is 1.76. The fourth-order valence-electron chi connectivity index (χ4n) is 4.05. The van der Waals surface area contributed by atoms with Crippen LogP contribution in [0.3, 0.4) is 0 Å². The van der Waals surface area contributed by atoms with Gasteiger partial charge in [0.1, 0.15) is 0 Å². The van der Waals surface area contributed by atoms with E-state index >= 15 is 0 Å². The number of rotatable bonds is 4. The lowest BCUT2D eigenvalue weighted by molar-refractivity contribution is -0.145. The highest BCUT2D eigenvalue weighted by molar-refractivity contribution is 6.19. The lowest BCUT2D eigenvalue weighted by atomic mass is 9.76. The molecule has 1 aliphatic heterocycles. The number of benzene rings is 2. The molecule has 1 aliphatic carbocycles. The summed E-state index contributed by atoms with van der Waals surface area (Å²) in [5.41, 5.74) is 4.06. The average molecular weight is 334 g/mol. The third-order valence-electron chi connectivity index (χ3n) is 5.14. The Morgan fingerprint density at radius 3 is 2.40 bits per heavy atom. The number of carbonyl (C=O) groups excluding carboxylic acids is 1. The summed E-state index contributed by atoms with van der Waals surface area (Å²) < 4.78 is 11.7. The van der Waals surface area contributed by atoms with Gasteiger partial charge < -0.3 is 9.47 Å². The van der Waals surface area contributed by atoms with E-state index in [0.717, 1.165) is 29.6 Å². The number of fused-ring (bicyclic) bond motifs is 1. The molecule has 3 heteroatoms. The van der Waals surface area contributed by atoms with Crippen molar-refractivity contribution < 1.29 is 14.3 Å². The van der Waals surface area contributed by atoms with E-state index in [1.165, 1.54) is 5.56 Å². The van der Waals surface area contributed by atoms with E-state index in [2.05, 4.69) is 24.3 Å². The first kappa shape index (κ1) is 16.1. The first-order chi connectivity index (χ1) is 12.3. The van der Waals surface area contributed by atoms with Crippen molar-refractivity contribution in [3.05, 3.63) is 77.4 Å². The lowest BCUT2D eigenvalue weighted by Crippen LogP contribution is -2.37. The summed E-state index contributed by atoms with van der Waals surface area (Å²) in [6.45, 7) is 2.61. The minimum Gasteiger partial charge on any atom is -0.451 e. The van der Waals surface area contributed by atoms with E-state index in [-0.39, 0.29) is 18.2 Å². The lowest BCUT2D eigenvalue weighted by Gasteiger charge is -2.34. The molecule has 1 fully saturated rings. The average Bonchev–Trinajstić information content (AvgIpc) is 2.99. The SMILES string of the molecule is CCO[C@H]1C[C@@H](c2ccccc2)CC2=C(c3ccccc3)C(=O)O[C@@H]21. The van der Waals surface area contributed by atoms with Crippen LogP contribution in [0, 0.1) is 0 Å². The standard InChI is InChI=1S/C22H22O3/c1-2-24-19-14-17(15-9-5-3-6-10-15)13-18-20(22(23)25-21(18)19)16-11-7-4-8-12-16/h3-12,17,19,21H,2,13-14H2,1H3/t17-,19-,21-/m0/s1. The van der Waals surface area contributed by atoms with Crippen LogP contribution >= 0.6 is 0 Å².